The van der Waals surface area contributed by atoms with Crippen LogP contribution in [0.1, 0.15) is 51.4 Å². The summed E-state index contributed by atoms with van der Waals surface area (Å²) in [5.74, 6) is 1.54. The molecule has 0 N–H and O–H groups in total. The number of hydrogen-bond donors (Lipinski definition) is 0. The van der Waals surface area contributed by atoms with Crippen LogP contribution < -0.4 is 15.0 Å². The second-order valence-corrected chi connectivity index (χ2v) is 8.72. The van der Waals surface area contributed by atoms with Crippen molar-refractivity contribution in [2.24, 2.45) is 0 Å². The molecule has 1 aromatic heterocycles. The van der Waals surface area contributed by atoms with Crippen molar-refractivity contribution in [2.45, 2.75) is 45.6 Å². The van der Waals surface area contributed by atoms with Crippen molar-refractivity contribution >= 4 is 32.7 Å². The van der Waals surface area contributed by atoms with Gasteiger partial charge in [0.25, 0.3) is 5.56 Å². The van der Waals surface area contributed by atoms with Crippen LogP contribution in [0.4, 0.5) is 0 Å². The van der Waals surface area contributed by atoms with Crippen LogP contribution in [0, 0.1) is 0 Å². The highest BCUT2D eigenvalue weighted by Gasteiger charge is 2.26. The normalized spacial score (nSPS) is 11.9. The maximum atomic E-state index is 13.7. The number of ether oxygens (including phenoxy) is 2. The third-order valence-corrected chi connectivity index (χ3v) is 6.63. The lowest BCUT2D eigenvalue weighted by molar-refractivity contribution is -0.132. The first-order valence-corrected chi connectivity index (χ1v) is 11.8. The van der Waals surface area contributed by atoms with Crippen molar-refractivity contribution in [1.29, 1.82) is 0 Å². The van der Waals surface area contributed by atoms with Gasteiger partial charge in [0.05, 0.1) is 41.3 Å². The molecule has 0 aliphatic carbocycles. The first kappa shape index (κ1) is 24.8. The number of aromatic nitrogens is 2. The number of unbranched alkanes of at least 4 members (excludes halogenated alkanes) is 2. The smallest absolute Gasteiger partial charge is 0.266 e. The number of amides is 1. The molecule has 3 rings (SSSR count). The fourth-order valence-electron chi connectivity index (χ4n) is 3.74. The third kappa shape index (κ3) is 5.05. The number of fused-ring (bicyclic) bond motifs is 1. The van der Waals surface area contributed by atoms with Crippen LogP contribution in [0.15, 0.2) is 45.7 Å². The Morgan fingerprint density at radius 1 is 1.18 bits per heavy atom. The lowest BCUT2D eigenvalue weighted by Gasteiger charge is -2.27. The minimum Gasteiger partial charge on any atom is -0.497 e. The van der Waals surface area contributed by atoms with Crippen molar-refractivity contribution in [3.05, 3.63) is 57.0 Å². The number of nitrogens with zero attached hydrogens (tertiary/aromatic N) is 3. The van der Waals surface area contributed by atoms with Gasteiger partial charge in [-0.25, -0.2) is 4.98 Å². The zero-order valence-corrected chi connectivity index (χ0v) is 21.3. The molecule has 8 heteroatoms. The quantitative estimate of drug-likeness (QED) is 0.363. The number of hydrogen-bond acceptors (Lipinski definition) is 5. The van der Waals surface area contributed by atoms with Gasteiger partial charge in [0.2, 0.25) is 5.91 Å². The molecule has 1 heterocycles. The zero-order chi connectivity index (χ0) is 24.1. The molecule has 0 spiro atoms. The molecular formula is C25H30BrN3O4. The highest BCUT2D eigenvalue weighted by Crippen LogP contribution is 2.36. The summed E-state index contributed by atoms with van der Waals surface area (Å²) in [5.41, 5.74) is 0.881. The largest absolute Gasteiger partial charge is 0.497 e. The van der Waals surface area contributed by atoms with Gasteiger partial charge in [-0.2, -0.15) is 0 Å². The fourth-order valence-corrected chi connectivity index (χ4v) is 4.31. The molecule has 0 aliphatic heterocycles. The van der Waals surface area contributed by atoms with E-state index < -0.39 is 6.04 Å². The maximum Gasteiger partial charge on any atom is 0.266 e. The fraction of sp³-hybridized carbons (Fsp3) is 0.400. The van der Waals surface area contributed by atoms with Gasteiger partial charge in [0.1, 0.15) is 17.3 Å². The van der Waals surface area contributed by atoms with E-state index in [1.165, 1.54) is 4.57 Å². The van der Waals surface area contributed by atoms with Gasteiger partial charge in [-0.15, -0.1) is 0 Å². The van der Waals surface area contributed by atoms with Crippen molar-refractivity contribution in [1.82, 2.24) is 14.5 Å². The van der Waals surface area contributed by atoms with Gasteiger partial charge < -0.3 is 14.4 Å². The second kappa shape index (κ2) is 10.8. The summed E-state index contributed by atoms with van der Waals surface area (Å²) < 4.78 is 13.1. The van der Waals surface area contributed by atoms with Crippen LogP contribution in [-0.2, 0) is 4.79 Å². The molecule has 7 nitrogen and oxygen atoms in total. The van der Waals surface area contributed by atoms with Crippen molar-refractivity contribution in [2.75, 3.05) is 21.3 Å². The molecule has 0 bridgehead atoms. The highest BCUT2D eigenvalue weighted by molar-refractivity contribution is 9.10. The summed E-state index contributed by atoms with van der Waals surface area (Å²) in [7, 11) is 4.86. The molecule has 33 heavy (non-hydrogen) atoms. The van der Waals surface area contributed by atoms with E-state index in [2.05, 4.69) is 22.9 Å². The lowest BCUT2D eigenvalue weighted by atomic mass is 10.1. The van der Waals surface area contributed by atoms with Crippen LogP contribution >= 0.6 is 15.9 Å². The van der Waals surface area contributed by atoms with E-state index in [1.54, 1.807) is 44.4 Å². The molecule has 176 valence electrons. The predicted molar refractivity (Wildman–Crippen MR) is 133 cm³/mol. The van der Waals surface area contributed by atoms with Crippen molar-refractivity contribution in [3.8, 4) is 17.2 Å². The molecule has 0 fully saturated rings. The zero-order valence-electron chi connectivity index (χ0n) is 19.7. The molecule has 0 saturated heterocycles. The second-order valence-electron chi connectivity index (χ2n) is 7.93. The molecule has 0 saturated carbocycles. The molecule has 1 amide bonds. The maximum absolute atomic E-state index is 13.7. The number of benzene rings is 2. The monoisotopic (exact) mass is 515 g/mol. The van der Waals surface area contributed by atoms with E-state index >= 15 is 0 Å². The van der Waals surface area contributed by atoms with Crippen LogP contribution in [0.2, 0.25) is 0 Å². The Morgan fingerprint density at radius 2 is 1.91 bits per heavy atom. The summed E-state index contributed by atoms with van der Waals surface area (Å²) in [6.07, 6.45) is 3.35. The van der Waals surface area contributed by atoms with Gasteiger partial charge in [-0.1, -0.05) is 31.9 Å². The number of para-hydroxylation sites is 1. The van der Waals surface area contributed by atoms with Gasteiger partial charge in [-0.3, -0.25) is 14.2 Å². The Labute approximate surface area is 202 Å². The minimum atomic E-state index is -0.444. The topological polar surface area (TPSA) is 73.7 Å². The first-order chi connectivity index (χ1) is 15.8. The van der Waals surface area contributed by atoms with E-state index in [1.807, 2.05) is 25.1 Å². The Balaban J connectivity index is 2.24. The average Bonchev–Trinajstić information content (AvgIpc) is 2.83. The number of halogens is 1. The Hall–Kier alpha value is -2.87. The predicted octanol–water partition coefficient (Wildman–Crippen LogP) is 5.27. The van der Waals surface area contributed by atoms with Gasteiger partial charge in [0.15, 0.2) is 0 Å². The first-order valence-electron chi connectivity index (χ1n) is 11.0. The standard InChI is InChI=1S/C25H30BrN3O4/c1-6-7-8-13-22(30)28(3)16(2)24-27-19-12-10-9-11-18(19)25(31)29(24)20-14-17(32-4)15-21(33-5)23(20)26/h9-12,14-16H,6-8,13H2,1-5H3. The molecule has 0 radical (unpaired) electrons. The third-order valence-electron chi connectivity index (χ3n) is 5.83. The molecule has 1 unspecified atom stereocenters. The number of carbonyl (C=O) groups is 1. The number of methoxy groups -OCH3 is 2. The van der Waals surface area contributed by atoms with E-state index in [9.17, 15) is 9.59 Å². The number of carbonyl (C=O) groups excluding carboxylic acids is 1. The number of rotatable bonds is 9. The Morgan fingerprint density at radius 3 is 2.58 bits per heavy atom. The van der Waals surface area contributed by atoms with E-state index in [0.717, 1.165) is 19.3 Å². The molecular weight excluding hydrogens is 486 g/mol. The Kier molecular flexibility index (Phi) is 8.13. The molecule has 3 aromatic rings. The summed E-state index contributed by atoms with van der Waals surface area (Å²) in [5, 5.41) is 0.485. The van der Waals surface area contributed by atoms with Crippen LogP contribution in [0.5, 0.6) is 11.5 Å². The van der Waals surface area contributed by atoms with Crippen LogP contribution in [-0.4, -0.2) is 41.6 Å². The molecule has 2 aromatic carbocycles. The average molecular weight is 516 g/mol. The SMILES string of the molecule is CCCCCC(=O)N(C)C(C)c1nc2ccccc2c(=O)n1-c1cc(OC)cc(OC)c1Br. The summed E-state index contributed by atoms with van der Waals surface area (Å²) >= 11 is 3.58. The summed E-state index contributed by atoms with van der Waals surface area (Å²) in [6.45, 7) is 3.99. The summed E-state index contributed by atoms with van der Waals surface area (Å²) in [4.78, 5) is 33.1. The molecule has 1 atom stereocenters. The molecule has 0 aliphatic rings. The Bertz CT molecular complexity index is 1210. The van der Waals surface area contributed by atoms with Crippen LogP contribution in [0.25, 0.3) is 16.6 Å². The van der Waals surface area contributed by atoms with Crippen LogP contribution in [0.3, 0.4) is 0 Å². The minimum absolute atomic E-state index is 0.0206. The van der Waals surface area contributed by atoms with Gasteiger partial charge in [0, 0.05) is 25.6 Å². The van der Waals surface area contributed by atoms with Crippen molar-refractivity contribution in [3.63, 3.8) is 0 Å². The van der Waals surface area contributed by atoms with E-state index in [-0.39, 0.29) is 11.5 Å². The van der Waals surface area contributed by atoms with Gasteiger partial charge >= 0.3 is 0 Å². The van der Waals surface area contributed by atoms with E-state index in [4.69, 9.17) is 14.5 Å². The highest BCUT2D eigenvalue weighted by atomic mass is 79.9. The van der Waals surface area contributed by atoms with E-state index in [0.29, 0.717) is 44.8 Å². The lowest BCUT2D eigenvalue weighted by Crippen LogP contribution is -2.35. The van der Waals surface area contributed by atoms with Crippen molar-refractivity contribution < 1.29 is 14.3 Å². The summed E-state index contributed by atoms with van der Waals surface area (Å²) in [6, 6.07) is 10.3. The van der Waals surface area contributed by atoms with Gasteiger partial charge in [-0.05, 0) is 41.4 Å².